The molecule has 6 heteroatoms. The Morgan fingerprint density at radius 2 is 1.77 bits per heavy atom. The molecule has 0 saturated carbocycles. The Labute approximate surface area is 152 Å². The van der Waals surface area contributed by atoms with E-state index in [9.17, 15) is 14.4 Å². The zero-order chi connectivity index (χ0) is 18.9. The van der Waals surface area contributed by atoms with E-state index < -0.39 is 23.4 Å². The number of anilines is 1. The van der Waals surface area contributed by atoms with Gasteiger partial charge in [0.25, 0.3) is 5.91 Å². The predicted octanol–water partition coefficient (Wildman–Crippen LogP) is 2.71. The topological polar surface area (TPSA) is 78.5 Å². The van der Waals surface area contributed by atoms with Gasteiger partial charge in [-0.3, -0.25) is 14.5 Å². The second-order valence-electron chi connectivity index (χ2n) is 6.61. The summed E-state index contributed by atoms with van der Waals surface area (Å²) in [7, 11) is 0. The maximum absolute atomic E-state index is 12.8. The fourth-order valence-electron chi connectivity index (χ4n) is 3.03. The average Bonchev–Trinajstić information content (AvgIpc) is 2.84. The lowest BCUT2D eigenvalue weighted by Crippen LogP contribution is -2.42. The van der Waals surface area contributed by atoms with E-state index in [1.54, 1.807) is 37.3 Å². The predicted molar refractivity (Wildman–Crippen MR) is 98.6 cm³/mol. The highest BCUT2D eigenvalue weighted by molar-refractivity contribution is 6.10. The summed E-state index contributed by atoms with van der Waals surface area (Å²) in [5.74, 6) is -0.857. The van der Waals surface area contributed by atoms with E-state index in [2.05, 4.69) is 10.6 Å². The van der Waals surface area contributed by atoms with Crippen LogP contribution in [0.5, 0.6) is 0 Å². The zero-order valence-electron chi connectivity index (χ0n) is 15.0. The van der Waals surface area contributed by atoms with Crippen molar-refractivity contribution in [1.29, 1.82) is 0 Å². The summed E-state index contributed by atoms with van der Waals surface area (Å²) < 4.78 is 0. The summed E-state index contributed by atoms with van der Waals surface area (Å²) in [5.41, 5.74) is 2.18. The first-order valence-electron chi connectivity index (χ1n) is 8.38. The summed E-state index contributed by atoms with van der Waals surface area (Å²) in [6, 6.07) is 14.0. The van der Waals surface area contributed by atoms with Crippen LogP contribution in [0.25, 0.3) is 0 Å². The molecule has 134 valence electrons. The fraction of sp³-hybridized carbons (Fsp3) is 0.250. The molecule has 6 nitrogen and oxygen atoms in total. The maximum Gasteiger partial charge on any atom is 0.325 e. The molecule has 1 fully saturated rings. The average molecular weight is 351 g/mol. The number of hydrogen-bond acceptors (Lipinski definition) is 3. The van der Waals surface area contributed by atoms with Crippen LogP contribution in [0.15, 0.2) is 48.5 Å². The quantitative estimate of drug-likeness (QED) is 0.832. The number of carbonyl (C=O) groups excluding carboxylic acids is 3. The summed E-state index contributed by atoms with van der Waals surface area (Å²) in [6.07, 6.45) is 0. The van der Waals surface area contributed by atoms with Gasteiger partial charge < -0.3 is 10.6 Å². The normalized spacial score (nSPS) is 19.4. The molecule has 2 aromatic carbocycles. The van der Waals surface area contributed by atoms with Gasteiger partial charge in [0.1, 0.15) is 12.1 Å². The first kappa shape index (κ1) is 17.7. The number of nitrogens with one attached hydrogen (secondary N) is 2. The van der Waals surface area contributed by atoms with Gasteiger partial charge in [0.2, 0.25) is 5.91 Å². The third-order valence-corrected chi connectivity index (χ3v) is 4.81. The van der Waals surface area contributed by atoms with Gasteiger partial charge >= 0.3 is 6.03 Å². The largest absolute Gasteiger partial charge is 0.325 e. The third-order valence-electron chi connectivity index (χ3n) is 4.81. The van der Waals surface area contributed by atoms with Gasteiger partial charge in [-0.1, -0.05) is 42.5 Å². The van der Waals surface area contributed by atoms with Gasteiger partial charge in [0, 0.05) is 5.69 Å². The number of rotatable bonds is 4. The van der Waals surface area contributed by atoms with Gasteiger partial charge in [0.15, 0.2) is 0 Å². The molecular formula is C20H21N3O3. The van der Waals surface area contributed by atoms with Crippen LogP contribution < -0.4 is 10.6 Å². The van der Waals surface area contributed by atoms with Crippen molar-refractivity contribution in [3.8, 4) is 0 Å². The SMILES string of the molecule is Cc1cccc(NC(=O)CN2C(=O)N[C@@](C)(c3ccccc3)C2=O)c1C. The lowest BCUT2D eigenvalue weighted by Gasteiger charge is -2.22. The van der Waals surface area contributed by atoms with Crippen LogP contribution in [0.4, 0.5) is 10.5 Å². The second kappa shape index (κ2) is 6.63. The Hall–Kier alpha value is -3.15. The van der Waals surface area contributed by atoms with E-state index in [4.69, 9.17) is 0 Å². The van der Waals surface area contributed by atoms with E-state index in [0.29, 0.717) is 11.3 Å². The van der Waals surface area contributed by atoms with Crippen LogP contribution >= 0.6 is 0 Å². The fourth-order valence-corrected chi connectivity index (χ4v) is 3.03. The monoisotopic (exact) mass is 351 g/mol. The lowest BCUT2D eigenvalue weighted by molar-refractivity contribution is -0.133. The summed E-state index contributed by atoms with van der Waals surface area (Å²) in [6.45, 7) is 5.17. The van der Waals surface area contributed by atoms with E-state index >= 15 is 0 Å². The molecule has 0 bridgehead atoms. The molecule has 0 radical (unpaired) electrons. The number of hydrogen-bond donors (Lipinski definition) is 2. The molecule has 2 N–H and O–H groups in total. The minimum Gasteiger partial charge on any atom is -0.324 e. The first-order chi connectivity index (χ1) is 12.3. The lowest BCUT2D eigenvalue weighted by atomic mass is 9.92. The second-order valence-corrected chi connectivity index (χ2v) is 6.61. The molecule has 0 unspecified atom stereocenters. The molecule has 1 heterocycles. The Morgan fingerprint density at radius 1 is 1.08 bits per heavy atom. The number of amides is 4. The highest BCUT2D eigenvalue weighted by Gasteiger charge is 2.49. The van der Waals surface area contributed by atoms with Crippen LogP contribution in [0.3, 0.4) is 0 Å². The number of urea groups is 1. The molecule has 1 aliphatic rings. The van der Waals surface area contributed by atoms with Gasteiger partial charge in [-0.05, 0) is 43.5 Å². The molecule has 0 aromatic heterocycles. The molecule has 0 spiro atoms. The van der Waals surface area contributed by atoms with Gasteiger partial charge in [-0.25, -0.2) is 4.79 Å². The van der Waals surface area contributed by atoms with Crippen molar-refractivity contribution < 1.29 is 14.4 Å². The smallest absolute Gasteiger partial charge is 0.324 e. The minimum absolute atomic E-state index is 0.333. The van der Waals surface area contributed by atoms with Crippen molar-refractivity contribution in [3.05, 3.63) is 65.2 Å². The standard InChI is InChI=1S/C20H21N3O3/c1-13-8-7-11-16(14(13)2)21-17(24)12-23-18(25)20(3,22-19(23)26)15-9-5-4-6-10-15/h4-11H,12H2,1-3H3,(H,21,24)(H,22,26)/t20-/m0/s1. The van der Waals surface area contributed by atoms with Crippen molar-refractivity contribution in [2.75, 3.05) is 11.9 Å². The van der Waals surface area contributed by atoms with Crippen molar-refractivity contribution in [3.63, 3.8) is 0 Å². The molecule has 3 rings (SSSR count). The summed E-state index contributed by atoms with van der Waals surface area (Å²) >= 11 is 0. The first-order valence-corrected chi connectivity index (χ1v) is 8.38. The summed E-state index contributed by atoms with van der Waals surface area (Å²) in [4.78, 5) is 38.4. The maximum atomic E-state index is 12.8. The number of benzene rings is 2. The van der Waals surface area contributed by atoms with Gasteiger partial charge in [-0.2, -0.15) is 0 Å². The molecule has 26 heavy (non-hydrogen) atoms. The van der Waals surface area contributed by atoms with Crippen LogP contribution in [0.2, 0.25) is 0 Å². The van der Waals surface area contributed by atoms with Crippen molar-refractivity contribution >= 4 is 23.5 Å². The van der Waals surface area contributed by atoms with E-state index in [1.807, 2.05) is 32.0 Å². The van der Waals surface area contributed by atoms with E-state index in [1.165, 1.54) is 0 Å². The Bertz CT molecular complexity index is 879. The van der Waals surface area contributed by atoms with Crippen LogP contribution in [0, 0.1) is 13.8 Å². The summed E-state index contributed by atoms with van der Waals surface area (Å²) in [5, 5.41) is 5.47. The highest BCUT2D eigenvalue weighted by atomic mass is 16.2. The number of imide groups is 1. The Kier molecular flexibility index (Phi) is 4.50. The molecule has 1 aliphatic heterocycles. The highest BCUT2D eigenvalue weighted by Crippen LogP contribution is 2.28. The van der Waals surface area contributed by atoms with Crippen molar-refractivity contribution in [2.45, 2.75) is 26.3 Å². The Balaban J connectivity index is 1.76. The molecule has 2 aromatic rings. The van der Waals surface area contributed by atoms with Crippen molar-refractivity contribution in [1.82, 2.24) is 10.2 Å². The van der Waals surface area contributed by atoms with Gasteiger partial charge in [-0.15, -0.1) is 0 Å². The van der Waals surface area contributed by atoms with E-state index in [-0.39, 0.29) is 6.54 Å². The molecule has 0 aliphatic carbocycles. The minimum atomic E-state index is -1.17. The van der Waals surface area contributed by atoms with Crippen LogP contribution in [-0.2, 0) is 15.1 Å². The molecule has 1 saturated heterocycles. The van der Waals surface area contributed by atoms with Crippen LogP contribution in [0.1, 0.15) is 23.6 Å². The molecular weight excluding hydrogens is 330 g/mol. The zero-order valence-corrected chi connectivity index (χ0v) is 15.0. The molecule has 1 atom stereocenters. The van der Waals surface area contributed by atoms with Gasteiger partial charge in [0.05, 0.1) is 0 Å². The number of nitrogens with zero attached hydrogens (tertiary/aromatic N) is 1. The van der Waals surface area contributed by atoms with Crippen molar-refractivity contribution in [2.24, 2.45) is 0 Å². The van der Waals surface area contributed by atoms with Crippen LogP contribution in [-0.4, -0.2) is 29.3 Å². The molecule has 4 amide bonds. The number of carbonyl (C=O) groups is 3. The number of aryl methyl sites for hydroxylation is 1. The third kappa shape index (κ3) is 3.06. The Morgan fingerprint density at radius 3 is 2.46 bits per heavy atom. The van der Waals surface area contributed by atoms with E-state index in [0.717, 1.165) is 16.0 Å².